The number of benzene rings is 2. The van der Waals surface area contributed by atoms with Crippen LogP contribution in [0.2, 0.25) is 0 Å². The molecule has 3 rings (SSSR count). The van der Waals surface area contributed by atoms with E-state index in [-0.39, 0.29) is 17.2 Å². The lowest BCUT2D eigenvalue weighted by molar-refractivity contribution is -0.117. The number of carbonyl (C=O) groups is 2. The van der Waals surface area contributed by atoms with E-state index in [0.717, 1.165) is 35.3 Å². The van der Waals surface area contributed by atoms with Crippen molar-refractivity contribution < 1.29 is 9.59 Å². The van der Waals surface area contributed by atoms with E-state index in [0.29, 0.717) is 12.2 Å². The largest absolute Gasteiger partial charge is 0.326 e. The molecule has 2 aromatic rings. The Hall–Kier alpha value is -2.27. The summed E-state index contributed by atoms with van der Waals surface area (Å²) in [7, 11) is 0. The molecular weight excluding hydrogens is 428 g/mol. The third-order valence-electron chi connectivity index (χ3n) is 6.11. The number of nitrogens with zero attached hydrogens (tertiary/aromatic N) is 1. The van der Waals surface area contributed by atoms with Crippen LogP contribution >= 0.6 is 11.8 Å². The van der Waals surface area contributed by atoms with Gasteiger partial charge in [-0.2, -0.15) is 0 Å². The van der Waals surface area contributed by atoms with Gasteiger partial charge >= 0.3 is 0 Å². The lowest BCUT2D eigenvalue weighted by Crippen LogP contribution is -2.27. The number of hydrogen-bond donors (Lipinski definition) is 1. The Morgan fingerprint density at radius 3 is 2.39 bits per heavy atom. The molecule has 178 valence electrons. The number of amides is 2. The molecule has 1 N–H and O–H groups in total. The molecule has 0 spiro atoms. The predicted molar refractivity (Wildman–Crippen MR) is 141 cm³/mol. The monoisotopic (exact) mass is 466 g/mol. The van der Waals surface area contributed by atoms with E-state index in [9.17, 15) is 9.59 Å². The fourth-order valence-electron chi connectivity index (χ4n) is 4.32. The highest BCUT2D eigenvalue weighted by Gasteiger charge is 2.34. The molecule has 1 aliphatic rings. The van der Waals surface area contributed by atoms with Gasteiger partial charge < -0.3 is 5.32 Å². The molecule has 2 aromatic carbocycles. The van der Waals surface area contributed by atoms with Crippen molar-refractivity contribution in [3.63, 3.8) is 0 Å². The zero-order valence-electron chi connectivity index (χ0n) is 20.1. The Balaban J connectivity index is 1.48. The summed E-state index contributed by atoms with van der Waals surface area (Å²) in [5, 5.41) is 2.98. The minimum absolute atomic E-state index is 0.0702. The van der Waals surface area contributed by atoms with Crippen molar-refractivity contribution in [2.45, 2.75) is 83.4 Å². The SMILES string of the molecule is CCCCCCCCCCCC(=O)Nc1cccc([C@H]2SCC(=O)N2c2cccc(C)c2)c1. The average Bonchev–Trinajstić information content (AvgIpc) is 3.19. The zero-order chi connectivity index (χ0) is 23.5. The van der Waals surface area contributed by atoms with Crippen LogP contribution in [0.4, 0.5) is 11.4 Å². The normalized spacial score (nSPS) is 15.8. The zero-order valence-corrected chi connectivity index (χ0v) is 21.0. The van der Waals surface area contributed by atoms with Crippen LogP contribution in [0, 0.1) is 6.92 Å². The highest BCUT2D eigenvalue weighted by atomic mass is 32.2. The highest BCUT2D eigenvalue weighted by Crippen LogP contribution is 2.42. The minimum atomic E-state index is -0.0755. The van der Waals surface area contributed by atoms with E-state index in [4.69, 9.17) is 0 Å². The first-order valence-corrected chi connectivity index (χ1v) is 13.5. The van der Waals surface area contributed by atoms with Gasteiger partial charge in [-0.25, -0.2) is 0 Å². The summed E-state index contributed by atoms with van der Waals surface area (Å²) < 4.78 is 0. The second-order valence-electron chi connectivity index (χ2n) is 9.02. The van der Waals surface area contributed by atoms with E-state index in [1.165, 1.54) is 44.9 Å². The van der Waals surface area contributed by atoms with Crippen molar-refractivity contribution in [1.29, 1.82) is 0 Å². The number of aryl methyl sites for hydroxylation is 1. The molecule has 2 amide bonds. The lowest BCUT2D eigenvalue weighted by atomic mass is 10.1. The van der Waals surface area contributed by atoms with Crippen LogP contribution in [0.1, 0.15) is 87.6 Å². The van der Waals surface area contributed by atoms with Gasteiger partial charge in [0.05, 0.1) is 5.75 Å². The number of thioether (sulfide) groups is 1. The van der Waals surface area contributed by atoms with Crippen LogP contribution < -0.4 is 10.2 Å². The van der Waals surface area contributed by atoms with Crippen molar-refractivity contribution >= 4 is 35.0 Å². The standard InChI is InChI=1S/C28H38N2O2S/c1-3-4-5-6-7-8-9-10-11-18-26(31)29-24-16-13-15-23(20-24)28-30(27(32)21-33-28)25-17-12-14-22(2)19-25/h12-17,19-20,28H,3-11,18,21H2,1-2H3,(H,29,31)/t28-/m1/s1. The molecule has 33 heavy (non-hydrogen) atoms. The van der Waals surface area contributed by atoms with Gasteiger partial charge in [0, 0.05) is 17.8 Å². The quantitative estimate of drug-likeness (QED) is 0.309. The van der Waals surface area contributed by atoms with Crippen LogP contribution in [-0.4, -0.2) is 17.6 Å². The second-order valence-corrected chi connectivity index (χ2v) is 10.1. The summed E-state index contributed by atoms with van der Waals surface area (Å²) in [6, 6.07) is 16.0. The number of carbonyl (C=O) groups excluding carboxylic acids is 2. The molecule has 1 saturated heterocycles. The molecule has 0 aromatic heterocycles. The van der Waals surface area contributed by atoms with Crippen LogP contribution in [0.3, 0.4) is 0 Å². The molecule has 0 radical (unpaired) electrons. The van der Waals surface area contributed by atoms with Crippen molar-refractivity contribution in [1.82, 2.24) is 0 Å². The Bertz CT molecular complexity index is 914. The molecule has 1 aliphatic heterocycles. The maximum Gasteiger partial charge on any atom is 0.238 e. The van der Waals surface area contributed by atoms with Gasteiger partial charge in [-0.05, 0) is 48.7 Å². The van der Waals surface area contributed by atoms with Gasteiger partial charge in [-0.1, -0.05) is 82.6 Å². The highest BCUT2D eigenvalue weighted by molar-refractivity contribution is 8.00. The number of nitrogens with one attached hydrogen (secondary N) is 1. The molecule has 0 unspecified atom stereocenters. The number of hydrogen-bond acceptors (Lipinski definition) is 3. The van der Waals surface area contributed by atoms with Crippen molar-refractivity contribution in [3.05, 3.63) is 59.7 Å². The Labute approximate surface area is 203 Å². The number of anilines is 2. The molecular formula is C28H38N2O2S. The number of unbranched alkanes of at least 4 members (excludes halogenated alkanes) is 8. The second kappa shape index (κ2) is 13.4. The molecule has 0 saturated carbocycles. The maximum atomic E-state index is 12.6. The predicted octanol–water partition coefficient (Wildman–Crippen LogP) is 7.63. The van der Waals surface area contributed by atoms with Gasteiger partial charge in [0.15, 0.2) is 0 Å². The third kappa shape index (κ3) is 7.92. The molecule has 5 heteroatoms. The summed E-state index contributed by atoms with van der Waals surface area (Å²) in [6.07, 6.45) is 11.8. The molecule has 1 atom stereocenters. The molecule has 1 heterocycles. The van der Waals surface area contributed by atoms with E-state index >= 15 is 0 Å². The van der Waals surface area contributed by atoms with E-state index in [1.807, 2.05) is 60.4 Å². The third-order valence-corrected chi connectivity index (χ3v) is 7.32. The van der Waals surface area contributed by atoms with Crippen molar-refractivity contribution in [2.24, 2.45) is 0 Å². The van der Waals surface area contributed by atoms with Gasteiger partial charge in [0.25, 0.3) is 0 Å². The number of rotatable bonds is 13. The summed E-state index contributed by atoms with van der Waals surface area (Å²) >= 11 is 1.63. The Kier molecular flexibility index (Phi) is 10.3. The molecule has 0 aliphatic carbocycles. The summed E-state index contributed by atoms with van der Waals surface area (Å²) in [4.78, 5) is 26.9. The maximum absolute atomic E-state index is 12.6. The van der Waals surface area contributed by atoms with Crippen LogP contribution in [0.5, 0.6) is 0 Å². The fraction of sp³-hybridized carbons (Fsp3) is 0.500. The molecule has 0 bridgehead atoms. The first-order valence-electron chi connectivity index (χ1n) is 12.5. The summed E-state index contributed by atoms with van der Waals surface area (Å²) in [5.74, 6) is 0.657. The molecule has 4 nitrogen and oxygen atoms in total. The summed E-state index contributed by atoms with van der Waals surface area (Å²) in [6.45, 7) is 4.28. The fourth-order valence-corrected chi connectivity index (χ4v) is 5.48. The average molecular weight is 467 g/mol. The topological polar surface area (TPSA) is 49.4 Å². The first kappa shape index (κ1) is 25.4. The lowest BCUT2D eigenvalue weighted by Gasteiger charge is -2.25. The first-order chi connectivity index (χ1) is 16.1. The van der Waals surface area contributed by atoms with E-state index in [1.54, 1.807) is 11.8 Å². The van der Waals surface area contributed by atoms with Gasteiger partial charge in [-0.3, -0.25) is 14.5 Å². The van der Waals surface area contributed by atoms with Gasteiger partial charge in [0.2, 0.25) is 11.8 Å². The smallest absolute Gasteiger partial charge is 0.238 e. The Morgan fingerprint density at radius 2 is 1.67 bits per heavy atom. The van der Waals surface area contributed by atoms with Crippen LogP contribution in [0.25, 0.3) is 0 Å². The molecule has 1 fully saturated rings. The van der Waals surface area contributed by atoms with Gasteiger partial charge in [0.1, 0.15) is 5.37 Å². The van der Waals surface area contributed by atoms with Crippen LogP contribution in [-0.2, 0) is 9.59 Å². The van der Waals surface area contributed by atoms with Gasteiger partial charge in [-0.15, -0.1) is 11.8 Å². The minimum Gasteiger partial charge on any atom is -0.326 e. The van der Waals surface area contributed by atoms with Crippen molar-refractivity contribution in [2.75, 3.05) is 16.0 Å². The Morgan fingerprint density at radius 1 is 0.970 bits per heavy atom. The van der Waals surface area contributed by atoms with E-state index in [2.05, 4.69) is 12.2 Å². The van der Waals surface area contributed by atoms with Crippen LogP contribution in [0.15, 0.2) is 48.5 Å². The summed E-state index contributed by atoms with van der Waals surface area (Å²) in [5.41, 5.74) is 3.90. The van der Waals surface area contributed by atoms with Crippen molar-refractivity contribution in [3.8, 4) is 0 Å². The van der Waals surface area contributed by atoms with E-state index < -0.39 is 0 Å².